The van der Waals surface area contributed by atoms with E-state index in [0.717, 1.165) is 12.0 Å². The van der Waals surface area contributed by atoms with Crippen LogP contribution in [0.2, 0.25) is 0 Å². The first-order chi connectivity index (χ1) is 8.79. The zero-order valence-electron chi connectivity index (χ0n) is 12.7. The normalized spacial score (nSPS) is 28.6. The molecule has 2 atom stereocenters. The minimum absolute atomic E-state index is 0. The van der Waals surface area contributed by atoms with Crippen LogP contribution in [0.3, 0.4) is 0 Å². The maximum atomic E-state index is 3.52. The molecule has 114 valence electrons. The lowest BCUT2D eigenvalue weighted by molar-refractivity contribution is 0.188. The molecule has 0 aliphatic carbocycles. The molecule has 2 aliphatic heterocycles. The van der Waals surface area contributed by atoms with Crippen LogP contribution in [-0.4, -0.2) is 62.2 Å². The standard InChI is InChI=1S/C15H31N3.ClH/c1-3-18-10-5-7-15(18)13-17(2)11-8-14-6-4-9-16-12-14;/h14-16H,3-13H2,1-2H3;1H. The minimum Gasteiger partial charge on any atom is -0.316 e. The lowest BCUT2D eigenvalue weighted by Gasteiger charge is -2.29. The summed E-state index contributed by atoms with van der Waals surface area (Å²) in [6.07, 6.45) is 7.00. The summed E-state index contributed by atoms with van der Waals surface area (Å²) in [5, 5.41) is 3.52. The summed E-state index contributed by atoms with van der Waals surface area (Å²) in [5.74, 6) is 0.923. The van der Waals surface area contributed by atoms with E-state index in [1.807, 2.05) is 0 Å². The molecule has 2 saturated heterocycles. The molecule has 0 amide bonds. The number of rotatable bonds is 6. The van der Waals surface area contributed by atoms with E-state index in [2.05, 4.69) is 29.1 Å². The Labute approximate surface area is 125 Å². The fourth-order valence-electron chi connectivity index (χ4n) is 3.54. The van der Waals surface area contributed by atoms with Gasteiger partial charge < -0.3 is 10.2 Å². The number of hydrogen-bond donors (Lipinski definition) is 1. The van der Waals surface area contributed by atoms with Gasteiger partial charge in [-0.3, -0.25) is 4.90 Å². The summed E-state index contributed by atoms with van der Waals surface area (Å²) < 4.78 is 0. The lowest BCUT2D eigenvalue weighted by atomic mass is 9.96. The third kappa shape index (κ3) is 5.58. The number of halogens is 1. The van der Waals surface area contributed by atoms with E-state index in [4.69, 9.17) is 0 Å². The van der Waals surface area contributed by atoms with Crippen molar-refractivity contribution in [2.75, 3.05) is 46.3 Å². The van der Waals surface area contributed by atoms with Crippen LogP contribution in [0.15, 0.2) is 0 Å². The third-order valence-electron chi connectivity index (χ3n) is 4.75. The van der Waals surface area contributed by atoms with E-state index >= 15 is 0 Å². The molecule has 2 aliphatic rings. The Kier molecular flexibility index (Phi) is 8.31. The maximum absolute atomic E-state index is 3.52. The summed E-state index contributed by atoms with van der Waals surface area (Å²) in [7, 11) is 2.31. The first-order valence-electron chi connectivity index (χ1n) is 7.93. The van der Waals surface area contributed by atoms with Crippen molar-refractivity contribution in [1.29, 1.82) is 0 Å². The summed E-state index contributed by atoms with van der Waals surface area (Å²) in [5.41, 5.74) is 0. The van der Waals surface area contributed by atoms with Crippen molar-refractivity contribution in [1.82, 2.24) is 15.1 Å². The van der Waals surface area contributed by atoms with Gasteiger partial charge in [0.1, 0.15) is 0 Å². The molecular formula is C15H32ClN3. The van der Waals surface area contributed by atoms with Gasteiger partial charge in [-0.15, -0.1) is 12.4 Å². The van der Waals surface area contributed by atoms with E-state index in [0.29, 0.717) is 0 Å². The Balaban J connectivity index is 0.00000180. The monoisotopic (exact) mass is 289 g/mol. The van der Waals surface area contributed by atoms with Gasteiger partial charge in [0.25, 0.3) is 0 Å². The highest BCUT2D eigenvalue weighted by molar-refractivity contribution is 5.85. The molecule has 0 aromatic heterocycles. The van der Waals surface area contributed by atoms with Gasteiger partial charge in [-0.25, -0.2) is 0 Å². The van der Waals surface area contributed by atoms with Crippen molar-refractivity contribution in [3.63, 3.8) is 0 Å². The van der Waals surface area contributed by atoms with E-state index in [9.17, 15) is 0 Å². The smallest absolute Gasteiger partial charge is 0.0223 e. The lowest BCUT2D eigenvalue weighted by Crippen LogP contribution is -2.40. The van der Waals surface area contributed by atoms with E-state index < -0.39 is 0 Å². The van der Waals surface area contributed by atoms with Crippen molar-refractivity contribution in [3.8, 4) is 0 Å². The Morgan fingerprint density at radius 2 is 2.11 bits per heavy atom. The van der Waals surface area contributed by atoms with E-state index in [1.165, 1.54) is 71.4 Å². The zero-order valence-corrected chi connectivity index (χ0v) is 13.6. The van der Waals surface area contributed by atoms with Gasteiger partial charge >= 0.3 is 0 Å². The number of likely N-dealkylation sites (N-methyl/N-ethyl adjacent to an activating group) is 2. The highest BCUT2D eigenvalue weighted by atomic mass is 35.5. The van der Waals surface area contributed by atoms with Crippen LogP contribution in [-0.2, 0) is 0 Å². The summed E-state index contributed by atoms with van der Waals surface area (Å²) in [6, 6.07) is 0.824. The molecule has 0 spiro atoms. The Hall–Kier alpha value is 0.170. The number of nitrogens with one attached hydrogen (secondary N) is 1. The van der Waals surface area contributed by atoms with Gasteiger partial charge in [-0.1, -0.05) is 6.92 Å². The third-order valence-corrected chi connectivity index (χ3v) is 4.75. The van der Waals surface area contributed by atoms with Gasteiger partial charge in [0.2, 0.25) is 0 Å². The molecule has 2 unspecified atom stereocenters. The van der Waals surface area contributed by atoms with Gasteiger partial charge in [0, 0.05) is 12.6 Å². The van der Waals surface area contributed by atoms with Crippen molar-refractivity contribution in [3.05, 3.63) is 0 Å². The van der Waals surface area contributed by atoms with Gasteiger partial charge in [-0.2, -0.15) is 0 Å². The molecule has 4 heteroatoms. The van der Waals surface area contributed by atoms with Gasteiger partial charge in [-0.05, 0) is 77.8 Å². The molecule has 3 nitrogen and oxygen atoms in total. The average Bonchev–Trinajstić information content (AvgIpc) is 2.85. The number of nitrogens with zero attached hydrogens (tertiary/aromatic N) is 2. The molecule has 0 bridgehead atoms. The van der Waals surface area contributed by atoms with Gasteiger partial charge in [0.05, 0.1) is 0 Å². The van der Waals surface area contributed by atoms with Crippen LogP contribution in [0.1, 0.15) is 39.0 Å². The van der Waals surface area contributed by atoms with Crippen LogP contribution in [0.25, 0.3) is 0 Å². The van der Waals surface area contributed by atoms with Crippen molar-refractivity contribution in [2.45, 2.75) is 45.1 Å². The molecule has 2 fully saturated rings. The zero-order chi connectivity index (χ0) is 12.8. The number of hydrogen-bond acceptors (Lipinski definition) is 3. The van der Waals surface area contributed by atoms with E-state index in [1.54, 1.807) is 0 Å². The van der Waals surface area contributed by atoms with Crippen LogP contribution < -0.4 is 5.32 Å². The second-order valence-electron chi connectivity index (χ2n) is 6.19. The number of piperidine rings is 1. The van der Waals surface area contributed by atoms with Crippen LogP contribution in [0, 0.1) is 5.92 Å². The van der Waals surface area contributed by atoms with Crippen LogP contribution >= 0.6 is 12.4 Å². The van der Waals surface area contributed by atoms with Gasteiger partial charge in [0.15, 0.2) is 0 Å². The quantitative estimate of drug-likeness (QED) is 0.809. The molecule has 0 aromatic carbocycles. The molecule has 19 heavy (non-hydrogen) atoms. The highest BCUT2D eigenvalue weighted by Gasteiger charge is 2.24. The molecule has 0 saturated carbocycles. The molecule has 2 heterocycles. The Morgan fingerprint density at radius 1 is 1.26 bits per heavy atom. The van der Waals surface area contributed by atoms with Crippen LogP contribution in [0.5, 0.6) is 0 Å². The average molecular weight is 290 g/mol. The predicted octanol–water partition coefficient (Wildman–Crippen LogP) is 2.21. The topological polar surface area (TPSA) is 18.5 Å². The molecule has 2 rings (SSSR count). The fraction of sp³-hybridized carbons (Fsp3) is 1.00. The summed E-state index contributed by atoms with van der Waals surface area (Å²) >= 11 is 0. The summed E-state index contributed by atoms with van der Waals surface area (Å²) in [4.78, 5) is 5.21. The Bertz CT molecular complexity index is 231. The summed E-state index contributed by atoms with van der Waals surface area (Å²) in [6.45, 7) is 9.88. The fourth-order valence-corrected chi connectivity index (χ4v) is 3.54. The minimum atomic E-state index is 0. The maximum Gasteiger partial charge on any atom is 0.0223 e. The molecule has 0 aromatic rings. The SMILES string of the molecule is CCN1CCCC1CN(C)CCC1CCCNC1.Cl. The largest absolute Gasteiger partial charge is 0.316 e. The van der Waals surface area contributed by atoms with E-state index in [-0.39, 0.29) is 12.4 Å². The second kappa shape index (κ2) is 9.17. The predicted molar refractivity (Wildman–Crippen MR) is 85.2 cm³/mol. The van der Waals surface area contributed by atoms with Crippen LogP contribution in [0.4, 0.5) is 0 Å². The molecule has 1 N–H and O–H groups in total. The first kappa shape index (κ1) is 17.2. The highest BCUT2D eigenvalue weighted by Crippen LogP contribution is 2.18. The van der Waals surface area contributed by atoms with Crippen molar-refractivity contribution < 1.29 is 0 Å². The number of likely N-dealkylation sites (tertiary alicyclic amines) is 1. The Morgan fingerprint density at radius 3 is 2.79 bits per heavy atom. The second-order valence-corrected chi connectivity index (χ2v) is 6.19. The first-order valence-corrected chi connectivity index (χ1v) is 7.93. The molecular weight excluding hydrogens is 258 g/mol. The van der Waals surface area contributed by atoms with Crippen molar-refractivity contribution in [2.24, 2.45) is 5.92 Å². The van der Waals surface area contributed by atoms with Crippen molar-refractivity contribution >= 4 is 12.4 Å². The molecule has 0 radical (unpaired) electrons.